The quantitative estimate of drug-likeness (QED) is 0.258. The van der Waals surface area contributed by atoms with Crippen molar-refractivity contribution in [3.05, 3.63) is 70.8 Å². The van der Waals surface area contributed by atoms with Crippen LogP contribution in [0, 0.1) is 5.92 Å². The summed E-state index contributed by atoms with van der Waals surface area (Å²) in [5.74, 6) is 0.335. The summed E-state index contributed by atoms with van der Waals surface area (Å²) in [5, 5.41) is 5.35. The second-order valence-electron chi connectivity index (χ2n) is 10.4. The smallest absolute Gasteiger partial charge is 0.245 e. The van der Waals surface area contributed by atoms with Crippen LogP contribution in [0.3, 0.4) is 0 Å². The first-order valence-electron chi connectivity index (χ1n) is 13.4. The van der Waals surface area contributed by atoms with E-state index in [0.29, 0.717) is 36.0 Å². The van der Waals surface area contributed by atoms with E-state index in [4.69, 9.17) is 4.84 Å². The van der Waals surface area contributed by atoms with Crippen molar-refractivity contribution in [2.75, 3.05) is 32.8 Å². The fraction of sp³-hybridized carbons (Fsp3) is 0.448. The third kappa shape index (κ3) is 5.52. The van der Waals surface area contributed by atoms with Crippen molar-refractivity contribution >= 4 is 42.6 Å². The second-order valence-corrected chi connectivity index (χ2v) is 13.2. The molecule has 0 spiro atoms. The standard InChI is InChI=1S/C29H35BrN4O3S/c1-3-37-32-27(23-9-11-25(30)12-10-23)24-13-18-33(19-14-24)29(2)15-20-34(21-16-29)38(35,36)26-8-4-6-22-7-5-17-31-28(22)26/h4-12,17,24H,3,13-16,18-21H2,1-2H3/b32-27-. The van der Waals surface area contributed by atoms with E-state index in [1.165, 1.54) is 0 Å². The van der Waals surface area contributed by atoms with Gasteiger partial charge in [-0.1, -0.05) is 51.4 Å². The topological polar surface area (TPSA) is 75.1 Å². The van der Waals surface area contributed by atoms with Gasteiger partial charge in [-0.15, -0.1) is 0 Å². The maximum atomic E-state index is 13.6. The molecule has 2 fully saturated rings. The average molecular weight is 600 g/mol. The van der Waals surface area contributed by atoms with Crippen LogP contribution in [0.2, 0.25) is 0 Å². The minimum atomic E-state index is -3.61. The van der Waals surface area contributed by atoms with Gasteiger partial charge >= 0.3 is 0 Å². The number of hydrogen-bond acceptors (Lipinski definition) is 6. The normalized spacial score (nSPS) is 20.0. The average Bonchev–Trinajstić information content (AvgIpc) is 2.94. The van der Waals surface area contributed by atoms with Crippen molar-refractivity contribution in [3.63, 3.8) is 0 Å². The molecule has 0 N–H and O–H groups in total. The predicted molar refractivity (Wildman–Crippen MR) is 155 cm³/mol. The molecule has 0 atom stereocenters. The van der Waals surface area contributed by atoms with Gasteiger partial charge in [-0.05, 0) is 82.4 Å². The van der Waals surface area contributed by atoms with E-state index in [-0.39, 0.29) is 5.54 Å². The number of nitrogens with zero attached hydrogens (tertiary/aromatic N) is 4. The van der Waals surface area contributed by atoms with Gasteiger partial charge in [-0.25, -0.2) is 8.42 Å². The maximum Gasteiger partial charge on any atom is 0.245 e. The Morgan fingerprint density at radius 3 is 2.42 bits per heavy atom. The van der Waals surface area contributed by atoms with Crippen molar-refractivity contribution in [1.29, 1.82) is 0 Å². The predicted octanol–water partition coefficient (Wildman–Crippen LogP) is 5.69. The summed E-state index contributed by atoms with van der Waals surface area (Å²) < 4.78 is 29.9. The Kier molecular flexibility index (Phi) is 8.19. The molecule has 0 bridgehead atoms. The third-order valence-corrected chi connectivity index (χ3v) is 10.5. The molecule has 2 saturated heterocycles. The Labute approximate surface area is 234 Å². The lowest BCUT2D eigenvalue weighted by molar-refractivity contribution is 0.0326. The monoisotopic (exact) mass is 598 g/mol. The van der Waals surface area contributed by atoms with Crippen molar-refractivity contribution in [2.24, 2.45) is 11.1 Å². The minimum Gasteiger partial charge on any atom is -0.396 e. The van der Waals surface area contributed by atoms with E-state index in [2.05, 4.69) is 50.0 Å². The van der Waals surface area contributed by atoms with Crippen LogP contribution in [-0.4, -0.2) is 66.6 Å². The van der Waals surface area contributed by atoms with Gasteiger partial charge < -0.3 is 4.84 Å². The molecular formula is C29H35BrN4O3S. The zero-order valence-corrected chi connectivity index (χ0v) is 24.4. The van der Waals surface area contributed by atoms with Crippen LogP contribution in [0.4, 0.5) is 0 Å². The molecule has 0 amide bonds. The van der Waals surface area contributed by atoms with Crippen molar-refractivity contribution in [3.8, 4) is 0 Å². The summed E-state index contributed by atoms with van der Waals surface area (Å²) in [6, 6.07) is 17.4. The van der Waals surface area contributed by atoms with E-state index >= 15 is 0 Å². The lowest BCUT2D eigenvalue weighted by Gasteiger charge is -2.49. The molecule has 9 heteroatoms. The van der Waals surface area contributed by atoms with Crippen LogP contribution >= 0.6 is 15.9 Å². The van der Waals surface area contributed by atoms with E-state index in [1.54, 1.807) is 22.6 Å². The Balaban J connectivity index is 1.25. The van der Waals surface area contributed by atoms with Gasteiger partial charge in [0.05, 0.1) is 11.2 Å². The van der Waals surface area contributed by atoms with Gasteiger partial charge in [-0.3, -0.25) is 9.88 Å². The fourth-order valence-electron chi connectivity index (χ4n) is 5.76. The van der Waals surface area contributed by atoms with Gasteiger partial charge in [0.25, 0.3) is 0 Å². The van der Waals surface area contributed by atoms with E-state index < -0.39 is 10.0 Å². The van der Waals surface area contributed by atoms with Gasteiger partial charge in [0.1, 0.15) is 11.5 Å². The highest BCUT2D eigenvalue weighted by Crippen LogP contribution is 2.36. The van der Waals surface area contributed by atoms with E-state index in [1.807, 2.05) is 37.3 Å². The van der Waals surface area contributed by atoms with E-state index in [9.17, 15) is 8.42 Å². The van der Waals surface area contributed by atoms with E-state index in [0.717, 1.165) is 59.9 Å². The molecule has 2 aliphatic rings. The highest BCUT2D eigenvalue weighted by atomic mass is 79.9. The Hall–Kier alpha value is -2.33. The molecule has 7 nitrogen and oxygen atoms in total. The summed E-state index contributed by atoms with van der Waals surface area (Å²) in [4.78, 5) is 12.7. The second kappa shape index (κ2) is 11.4. The minimum absolute atomic E-state index is 0.0250. The molecule has 0 radical (unpaired) electrons. The van der Waals surface area contributed by atoms with Crippen LogP contribution in [0.25, 0.3) is 10.9 Å². The molecule has 0 saturated carbocycles. The van der Waals surface area contributed by atoms with Gasteiger partial charge in [0, 0.05) is 40.6 Å². The van der Waals surface area contributed by atoms with Crippen LogP contribution in [0.1, 0.15) is 45.1 Å². The number of hydrogen-bond donors (Lipinski definition) is 0. The number of aromatic nitrogens is 1. The Bertz CT molecular complexity index is 1390. The number of likely N-dealkylation sites (tertiary alicyclic amines) is 1. The summed E-state index contributed by atoms with van der Waals surface area (Å²) in [7, 11) is -3.61. The molecule has 2 aromatic carbocycles. The number of halogens is 1. The first-order valence-corrected chi connectivity index (χ1v) is 15.6. The van der Waals surface area contributed by atoms with Gasteiger partial charge in [-0.2, -0.15) is 4.31 Å². The zero-order valence-electron chi connectivity index (χ0n) is 22.0. The molecule has 2 aliphatic heterocycles. The third-order valence-electron chi connectivity index (χ3n) is 8.09. The molecule has 202 valence electrons. The highest BCUT2D eigenvalue weighted by molar-refractivity contribution is 9.10. The van der Waals surface area contributed by atoms with Crippen molar-refractivity contribution in [1.82, 2.24) is 14.2 Å². The van der Waals surface area contributed by atoms with Crippen molar-refractivity contribution < 1.29 is 13.3 Å². The summed E-state index contributed by atoms with van der Waals surface area (Å²) in [6.45, 7) is 7.74. The SMILES string of the molecule is CCO/N=C(/c1ccc(Br)cc1)C1CCN(C2(C)CCN(S(=O)(=O)c3cccc4cccnc34)CC2)CC1. The number of fused-ring (bicyclic) bond motifs is 1. The molecular weight excluding hydrogens is 564 g/mol. The van der Waals surface area contributed by atoms with Gasteiger partial charge in [0.15, 0.2) is 0 Å². The van der Waals surface area contributed by atoms with Crippen LogP contribution < -0.4 is 0 Å². The van der Waals surface area contributed by atoms with Crippen LogP contribution in [0.15, 0.2) is 75.3 Å². The number of para-hydroxylation sites is 1. The summed E-state index contributed by atoms with van der Waals surface area (Å²) in [6.07, 6.45) is 5.27. The van der Waals surface area contributed by atoms with Gasteiger partial charge in [0.2, 0.25) is 10.0 Å². The molecule has 0 aliphatic carbocycles. The highest BCUT2D eigenvalue weighted by Gasteiger charge is 2.41. The lowest BCUT2D eigenvalue weighted by atomic mass is 9.83. The summed E-state index contributed by atoms with van der Waals surface area (Å²) >= 11 is 3.52. The van der Waals surface area contributed by atoms with Crippen LogP contribution in [0.5, 0.6) is 0 Å². The molecule has 3 heterocycles. The number of piperidine rings is 2. The fourth-order valence-corrected chi connectivity index (χ4v) is 7.63. The molecule has 0 unspecified atom stereocenters. The van der Waals surface area contributed by atoms with Crippen LogP contribution in [-0.2, 0) is 14.9 Å². The summed E-state index contributed by atoms with van der Waals surface area (Å²) in [5.41, 5.74) is 2.64. The Morgan fingerprint density at radius 1 is 1.05 bits per heavy atom. The lowest BCUT2D eigenvalue weighted by Crippen LogP contribution is -2.56. The molecule has 5 rings (SSSR count). The molecule has 38 heavy (non-hydrogen) atoms. The number of pyridine rings is 1. The molecule has 3 aromatic rings. The Morgan fingerprint density at radius 2 is 1.74 bits per heavy atom. The zero-order chi connectivity index (χ0) is 26.8. The maximum absolute atomic E-state index is 13.6. The largest absolute Gasteiger partial charge is 0.396 e. The first-order chi connectivity index (χ1) is 18.3. The number of rotatable bonds is 7. The number of sulfonamides is 1. The first kappa shape index (κ1) is 27.2. The van der Waals surface area contributed by atoms with Crippen molar-refractivity contribution in [2.45, 2.75) is 50.0 Å². The number of benzene rings is 2. The molecule has 1 aromatic heterocycles. The number of oxime groups is 1.